The molecule has 0 saturated carbocycles. The molecular formula is C10H14N2O2. The summed E-state index contributed by atoms with van der Waals surface area (Å²) in [5.41, 5.74) is 11.2. The second-order valence-corrected chi connectivity index (χ2v) is 3.37. The van der Waals surface area contributed by atoms with Crippen LogP contribution in [0.25, 0.3) is 0 Å². The highest BCUT2D eigenvalue weighted by molar-refractivity contribution is 5.80. The van der Waals surface area contributed by atoms with E-state index in [1.54, 1.807) is 18.2 Å². The van der Waals surface area contributed by atoms with Crippen LogP contribution in [-0.4, -0.2) is 11.1 Å². The molecular weight excluding hydrogens is 180 g/mol. The lowest BCUT2D eigenvalue weighted by molar-refractivity contribution is -0.143. The highest BCUT2D eigenvalue weighted by Crippen LogP contribution is 2.21. The summed E-state index contributed by atoms with van der Waals surface area (Å²) in [5, 5.41) is 8.95. The van der Waals surface area contributed by atoms with Crippen molar-refractivity contribution in [1.29, 1.82) is 0 Å². The topological polar surface area (TPSA) is 89.3 Å². The zero-order chi connectivity index (χ0) is 10.8. The monoisotopic (exact) mass is 194 g/mol. The van der Waals surface area contributed by atoms with Crippen molar-refractivity contribution >= 4 is 5.97 Å². The lowest BCUT2D eigenvalue weighted by Gasteiger charge is -2.22. The Kier molecular flexibility index (Phi) is 2.88. The van der Waals surface area contributed by atoms with Gasteiger partial charge < -0.3 is 16.6 Å². The third-order valence-electron chi connectivity index (χ3n) is 2.24. The molecule has 4 heteroatoms. The Hall–Kier alpha value is -1.39. The summed E-state index contributed by atoms with van der Waals surface area (Å²) in [4.78, 5) is 10.9. The molecule has 4 nitrogen and oxygen atoms in total. The maximum atomic E-state index is 10.9. The van der Waals surface area contributed by atoms with Gasteiger partial charge >= 0.3 is 5.97 Å². The molecule has 5 N–H and O–H groups in total. The van der Waals surface area contributed by atoms with Crippen LogP contribution in [0.1, 0.15) is 18.1 Å². The summed E-state index contributed by atoms with van der Waals surface area (Å²) in [6.45, 7) is 1.75. The molecule has 0 aliphatic rings. The van der Waals surface area contributed by atoms with Crippen molar-refractivity contribution in [2.45, 2.75) is 19.0 Å². The van der Waals surface area contributed by atoms with E-state index in [0.717, 1.165) is 5.56 Å². The average Bonchev–Trinajstić information content (AvgIpc) is 2.17. The Morgan fingerprint density at radius 1 is 1.50 bits per heavy atom. The van der Waals surface area contributed by atoms with Gasteiger partial charge in [-0.25, -0.2) is 4.79 Å². The van der Waals surface area contributed by atoms with E-state index in [0.29, 0.717) is 5.56 Å². The first-order chi connectivity index (χ1) is 6.50. The molecule has 0 bridgehead atoms. The van der Waals surface area contributed by atoms with Crippen molar-refractivity contribution in [3.05, 3.63) is 35.4 Å². The Balaban J connectivity index is 3.24. The summed E-state index contributed by atoms with van der Waals surface area (Å²) >= 11 is 0. The highest BCUT2D eigenvalue weighted by Gasteiger charge is 2.31. The van der Waals surface area contributed by atoms with Crippen LogP contribution in [0, 0.1) is 0 Å². The molecule has 0 amide bonds. The van der Waals surface area contributed by atoms with E-state index in [1.165, 1.54) is 6.92 Å². The summed E-state index contributed by atoms with van der Waals surface area (Å²) in [5.74, 6) is -1.06. The summed E-state index contributed by atoms with van der Waals surface area (Å²) in [6.07, 6.45) is 0. The van der Waals surface area contributed by atoms with Gasteiger partial charge in [-0.3, -0.25) is 0 Å². The molecule has 14 heavy (non-hydrogen) atoms. The van der Waals surface area contributed by atoms with Crippen molar-refractivity contribution < 1.29 is 9.90 Å². The highest BCUT2D eigenvalue weighted by atomic mass is 16.4. The minimum atomic E-state index is -1.38. The van der Waals surface area contributed by atoms with E-state index < -0.39 is 11.5 Å². The van der Waals surface area contributed by atoms with Gasteiger partial charge in [0, 0.05) is 6.54 Å². The molecule has 1 rings (SSSR count). The average molecular weight is 194 g/mol. The maximum Gasteiger partial charge on any atom is 0.328 e. The summed E-state index contributed by atoms with van der Waals surface area (Å²) in [7, 11) is 0. The predicted octanol–water partition coefficient (Wildman–Crippen LogP) is 0.404. The fourth-order valence-corrected chi connectivity index (χ4v) is 1.32. The molecule has 0 saturated heterocycles. The van der Waals surface area contributed by atoms with Gasteiger partial charge in [0.1, 0.15) is 5.54 Å². The van der Waals surface area contributed by atoms with Crippen LogP contribution in [0.4, 0.5) is 0 Å². The quantitative estimate of drug-likeness (QED) is 0.650. The van der Waals surface area contributed by atoms with Gasteiger partial charge in [-0.15, -0.1) is 0 Å². The van der Waals surface area contributed by atoms with Crippen molar-refractivity contribution in [3.8, 4) is 0 Å². The summed E-state index contributed by atoms with van der Waals surface area (Å²) < 4.78 is 0. The van der Waals surface area contributed by atoms with Gasteiger partial charge in [0.05, 0.1) is 0 Å². The van der Waals surface area contributed by atoms with Gasteiger partial charge in [0.15, 0.2) is 0 Å². The van der Waals surface area contributed by atoms with Crippen molar-refractivity contribution in [2.24, 2.45) is 11.5 Å². The molecule has 0 aliphatic heterocycles. The number of rotatable bonds is 3. The first-order valence-corrected chi connectivity index (χ1v) is 4.31. The molecule has 0 fully saturated rings. The Labute approximate surface area is 82.5 Å². The van der Waals surface area contributed by atoms with E-state index in [4.69, 9.17) is 16.6 Å². The van der Waals surface area contributed by atoms with Gasteiger partial charge in [-0.2, -0.15) is 0 Å². The predicted molar refractivity (Wildman–Crippen MR) is 53.5 cm³/mol. The van der Waals surface area contributed by atoms with Crippen LogP contribution in [0.2, 0.25) is 0 Å². The van der Waals surface area contributed by atoms with E-state index in [2.05, 4.69) is 0 Å². The third kappa shape index (κ3) is 1.76. The first-order valence-electron chi connectivity index (χ1n) is 4.31. The van der Waals surface area contributed by atoms with Gasteiger partial charge in [0.2, 0.25) is 0 Å². The van der Waals surface area contributed by atoms with Gasteiger partial charge in [0.25, 0.3) is 0 Å². The van der Waals surface area contributed by atoms with Crippen LogP contribution in [0.15, 0.2) is 24.3 Å². The van der Waals surface area contributed by atoms with Crippen molar-refractivity contribution in [3.63, 3.8) is 0 Å². The Bertz CT molecular complexity index is 348. The molecule has 0 aliphatic carbocycles. The smallest absolute Gasteiger partial charge is 0.328 e. The van der Waals surface area contributed by atoms with Gasteiger partial charge in [-0.1, -0.05) is 24.3 Å². The molecule has 76 valence electrons. The number of hydrogen-bond acceptors (Lipinski definition) is 3. The van der Waals surface area contributed by atoms with Crippen LogP contribution in [-0.2, 0) is 16.9 Å². The minimum Gasteiger partial charge on any atom is -0.480 e. The number of nitrogens with two attached hydrogens (primary N) is 2. The van der Waals surface area contributed by atoms with Crippen molar-refractivity contribution in [1.82, 2.24) is 0 Å². The Morgan fingerprint density at radius 2 is 2.07 bits per heavy atom. The van der Waals surface area contributed by atoms with Gasteiger partial charge in [-0.05, 0) is 18.1 Å². The first kappa shape index (κ1) is 10.7. The van der Waals surface area contributed by atoms with Crippen LogP contribution in [0.3, 0.4) is 0 Å². The maximum absolute atomic E-state index is 10.9. The van der Waals surface area contributed by atoms with E-state index >= 15 is 0 Å². The molecule has 0 radical (unpaired) electrons. The largest absolute Gasteiger partial charge is 0.480 e. The van der Waals surface area contributed by atoms with E-state index in [1.807, 2.05) is 6.07 Å². The summed E-state index contributed by atoms with van der Waals surface area (Å²) in [6, 6.07) is 7.03. The lowest BCUT2D eigenvalue weighted by Crippen LogP contribution is -2.42. The zero-order valence-electron chi connectivity index (χ0n) is 8.03. The van der Waals surface area contributed by atoms with Crippen molar-refractivity contribution in [2.75, 3.05) is 0 Å². The molecule has 0 aromatic heterocycles. The molecule has 0 heterocycles. The number of carboxylic acids is 1. The van der Waals surface area contributed by atoms with E-state index in [-0.39, 0.29) is 6.54 Å². The molecule has 1 aromatic carbocycles. The van der Waals surface area contributed by atoms with Crippen LogP contribution >= 0.6 is 0 Å². The normalized spacial score (nSPS) is 14.8. The molecule has 1 atom stereocenters. The molecule has 0 spiro atoms. The third-order valence-corrected chi connectivity index (χ3v) is 2.24. The second-order valence-electron chi connectivity index (χ2n) is 3.37. The fraction of sp³-hybridized carbons (Fsp3) is 0.300. The SMILES string of the molecule is C[C@@](N)(C(=O)O)c1ccccc1CN. The molecule has 0 unspecified atom stereocenters. The fourth-order valence-electron chi connectivity index (χ4n) is 1.32. The zero-order valence-corrected chi connectivity index (χ0v) is 8.03. The number of benzene rings is 1. The van der Waals surface area contributed by atoms with E-state index in [9.17, 15) is 4.79 Å². The number of hydrogen-bond donors (Lipinski definition) is 3. The molecule has 1 aromatic rings. The second kappa shape index (κ2) is 3.77. The van der Waals surface area contributed by atoms with Crippen LogP contribution in [0.5, 0.6) is 0 Å². The number of carboxylic acid groups (broad SMARTS) is 1. The number of aliphatic carboxylic acids is 1. The number of carbonyl (C=O) groups is 1. The standard InChI is InChI=1S/C10H14N2O2/c1-10(12,9(13)14)8-5-3-2-4-7(8)6-11/h2-5H,6,11-12H2,1H3,(H,13,14)/t10-/m0/s1. The van der Waals surface area contributed by atoms with Crippen LogP contribution < -0.4 is 11.5 Å². The Morgan fingerprint density at radius 3 is 2.57 bits per heavy atom. The minimum absolute atomic E-state index is 0.288. The lowest BCUT2D eigenvalue weighted by atomic mass is 9.89.